The summed E-state index contributed by atoms with van der Waals surface area (Å²) in [5, 5.41) is 0. The molecule has 0 saturated carbocycles. The zero-order valence-corrected chi connectivity index (χ0v) is 13.7. The van der Waals surface area contributed by atoms with Gasteiger partial charge >= 0.3 is 0 Å². The van der Waals surface area contributed by atoms with Crippen LogP contribution in [0, 0.1) is 18.3 Å². The van der Waals surface area contributed by atoms with Crippen LogP contribution >= 0.6 is 15.9 Å². The Bertz CT molecular complexity index is 634. The molecule has 0 saturated heterocycles. The number of halogens is 1. The van der Waals surface area contributed by atoms with Crippen molar-refractivity contribution in [2.24, 2.45) is 11.3 Å². The van der Waals surface area contributed by atoms with E-state index < -0.39 is 0 Å². The van der Waals surface area contributed by atoms with Crippen LogP contribution in [0.25, 0.3) is 5.65 Å². The number of imidazole rings is 1. The molecule has 1 atom stereocenters. The molecule has 3 rings (SSSR count). The van der Waals surface area contributed by atoms with Crippen molar-refractivity contribution in [3.05, 3.63) is 33.7 Å². The monoisotopic (exact) mass is 320 g/mol. The maximum atomic E-state index is 4.81. The minimum Gasteiger partial charge on any atom is -0.303 e. The third-order valence-electron chi connectivity index (χ3n) is 4.48. The molecule has 0 aromatic carbocycles. The molecule has 102 valence electrons. The van der Waals surface area contributed by atoms with E-state index in [1.165, 1.54) is 23.4 Å². The number of rotatable bonds is 0. The second-order valence-corrected chi connectivity index (χ2v) is 7.70. The van der Waals surface area contributed by atoms with Crippen molar-refractivity contribution in [2.75, 3.05) is 0 Å². The van der Waals surface area contributed by atoms with E-state index in [1.54, 1.807) is 0 Å². The maximum absolute atomic E-state index is 4.81. The Balaban J connectivity index is 2.11. The lowest BCUT2D eigenvalue weighted by atomic mass is 9.73. The molecule has 0 aliphatic heterocycles. The number of aryl methyl sites for hydroxylation is 2. The van der Waals surface area contributed by atoms with Gasteiger partial charge in [0.15, 0.2) is 0 Å². The highest BCUT2D eigenvalue weighted by Crippen LogP contribution is 2.37. The molecule has 2 heterocycles. The third kappa shape index (κ3) is 2.22. The first kappa shape index (κ1) is 13.2. The van der Waals surface area contributed by atoms with Gasteiger partial charge in [0.25, 0.3) is 0 Å². The highest BCUT2D eigenvalue weighted by molar-refractivity contribution is 9.10. The number of hydrogen-bond donors (Lipinski definition) is 0. The molecular weight excluding hydrogens is 300 g/mol. The van der Waals surface area contributed by atoms with Crippen LogP contribution in [0.5, 0.6) is 0 Å². The predicted octanol–water partition coefficient (Wildman–Crippen LogP) is 4.56. The molecule has 1 aliphatic carbocycles. The molecule has 0 radical (unpaired) electrons. The molecular formula is C16H21BrN2. The molecule has 0 bridgehead atoms. The molecule has 0 spiro atoms. The van der Waals surface area contributed by atoms with Crippen LogP contribution in [0.1, 0.15) is 44.1 Å². The van der Waals surface area contributed by atoms with Crippen molar-refractivity contribution in [1.82, 2.24) is 9.38 Å². The summed E-state index contributed by atoms with van der Waals surface area (Å²) in [6.45, 7) is 9.18. The van der Waals surface area contributed by atoms with Gasteiger partial charge in [-0.05, 0) is 65.1 Å². The highest BCUT2D eigenvalue weighted by atomic mass is 79.9. The molecule has 2 nitrogen and oxygen atoms in total. The fourth-order valence-corrected chi connectivity index (χ4v) is 3.38. The van der Waals surface area contributed by atoms with E-state index in [2.05, 4.69) is 60.3 Å². The Hall–Kier alpha value is -0.830. The van der Waals surface area contributed by atoms with E-state index in [1.807, 2.05) is 0 Å². The Labute approximate surface area is 123 Å². The summed E-state index contributed by atoms with van der Waals surface area (Å²) >= 11 is 3.63. The standard InChI is InChI=1S/C16H21BrN2/c1-10-7-15-18-13-6-5-11(16(2,3)4)8-14(13)19(15)9-12(10)17/h7,9,11H,5-6,8H2,1-4H3. The topological polar surface area (TPSA) is 17.3 Å². The van der Waals surface area contributed by atoms with Gasteiger partial charge in [0, 0.05) is 16.4 Å². The van der Waals surface area contributed by atoms with Gasteiger partial charge in [-0.3, -0.25) is 0 Å². The van der Waals surface area contributed by atoms with Gasteiger partial charge in [0.1, 0.15) is 5.65 Å². The van der Waals surface area contributed by atoms with Crippen LogP contribution in [0.2, 0.25) is 0 Å². The van der Waals surface area contributed by atoms with Gasteiger partial charge in [0.05, 0.1) is 5.69 Å². The van der Waals surface area contributed by atoms with Crippen LogP contribution in [0.15, 0.2) is 16.7 Å². The molecule has 1 aliphatic rings. The van der Waals surface area contributed by atoms with Gasteiger partial charge in [-0.2, -0.15) is 0 Å². The smallest absolute Gasteiger partial charge is 0.137 e. The lowest BCUT2D eigenvalue weighted by Crippen LogP contribution is -2.27. The predicted molar refractivity (Wildman–Crippen MR) is 82.6 cm³/mol. The van der Waals surface area contributed by atoms with Crippen molar-refractivity contribution in [3.8, 4) is 0 Å². The zero-order valence-electron chi connectivity index (χ0n) is 12.1. The molecule has 3 heteroatoms. The first-order chi connectivity index (χ1) is 8.86. The fourth-order valence-electron chi connectivity index (χ4n) is 3.06. The Morgan fingerprint density at radius 3 is 2.79 bits per heavy atom. The van der Waals surface area contributed by atoms with E-state index in [4.69, 9.17) is 4.98 Å². The van der Waals surface area contributed by atoms with E-state index in [0.717, 1.165) is 28.9 Å². The average Bonchev–Trinajstić information content (AvgIpc) is 2.65. The average molecular weight is 321 g/mol. The van der Waals surface area contributed by atoms with Gasteiger partial charge in [-0.15, -0.1) is 0 Å². The molecule has 19 heavy (non-hydrogen) atoms. The van der Waals surface area contributed by atoms with Crippen molar-refractivity contribution in [2.45, 2.75) is 47.0 Å². The first-order valence-electron chi connectivity index (χ1n) is 7.02. The molecule has 2 aromatic heterocycles. The lowest BCUT2D eigenvalue weighted by molar-refractivity contribution is 0.213. The summed E-state index contributed by atoms with van der Waals surface area (Å²) in [6.07, 6.45) is 5.72. The van der Waals surface area contributed by atoms with Crippen LogP contribution in [-0.2, 0) is 12.8 Å². The number of hydrogen-bond acceptors (Lipinski definition) is 1. The summed E-state index contributed by atoms with van der Waals surface area (Å²) < 4.78 is 3.45. The van der Waals surface area contributed by atoms with E-state index in [0.29, 0.717) is 5.41 Å². The van der Waals surface area contributed by atoms with E-state index in [-0.39, 0.29) is 0 Å². The second kappa shape index (κ2) is 4.34. The molecule has 2 aromatic rings. The largest absolute Gasteiger partial charge is 0.303 e. The lowest BCUT2D eigenvalue weighted by Gasteiger charge is -2.33. The number of fused-ring (bicyclic) bond motifs is 3. The maximum Gasteiger partial charge on any atom is 0.137 e. The summed E-state index contributed by atoms with van der Waals surface area (Å²) in [5.74, 6) is 0.750. The Kier molecular flexibility index (Phi) is 3.01. The Morgan fingerprint density at radius 2 is 2.11 bits per heavy atom. The fraction of sp³-hybridized carbons (Fsp3) is 0.562. The summed E-state index contributed by atoms with van der Waals surface area (Å²) in [7, 11) is 0. The minimum atomic E-state index is 0.379. The minimum absolute atomic E-state index is 0.379. The summed E-state index contributed by atoms with van der Waals surface area (Å²) in [5.41, 5.74) is 5.45. The number of pyridine rings is 1. The van der Waals surface area contributed by atoms with Crippen LogP contribution in [-0.4, -0.2) is 9.38 Å². The van der Waals surface area contributed by atoms with Crippen LogP contribution in [0.3, 0.4) is 0 Å². The SMILES string of the molecule is Cc1cc2nc3c(n2cc1Br)CC(C(C)(C)C)CC3. The molecule has 0 N–H and O–H groups in total. The third-order valence-corrected chi connectivity index (χ3v) is 5.31. The van der Waals surface area contributed by atoms with Gasteiger partial charge in [-0.1, -0.05) is 20.8 Å². The van der Waals surface area contributed by atoms with Gasteiger partial charge in [-0.25, -0.2) is 4.98 Å². The summed E-state index contributed by atoms with van der Waals surface area (Å²) in [4.78, 5) is 4.81. The van der Waals surface area contributed by atoms with Crippen LogP contribution < -0.4 is 0 Å². The van der Waals surface area contributed by atoms with Gasteiger partial charge in [0.2, 0.25) is 0 Å². The first-order valence-corrected chi connectivity index (χ1v) is 7.81. The second-order valence-electron chi connectivity index (χ2n) is 6.84. The molecule has 0 fully saturated rings. The molecule has 1 unspecified atom stereocenters. The number of nitrogens with zero attached hydrogens (tertiary/aromatic N) is 2. The number of aromatic nitrogens is 2. The highest BCUT2D eigenvalue weighted by Gasteiger charge is 2.31. The van der Waals surface area contributed by atoms with Crippen molar-refractivity contribution in [3.63, 3.8) is 0 Å². The van der Waals surface area contributed by atoms with E-state index >= 15 is 0 Å². The van der Waals surface area contributed by atoms with Crippen molar-refractivity contribution < 1.29 is 0 Å². The summed E-state index contributed by atoms with van der Waals surface area (Å²) in [6, 6.07) is 2.18. The van der Waals surface area contributed by atoms with Crippen molar-refractivity contribution >= 4 is 21.6 Å². The van der Waals surface area contributed by atoms with Gasteiger partial charge < -0.3 is 4.40 Å². The van der Waals surface area contributed by atoms with Crippen LogP contribution in [0.4, 0.5) is 0 Å². The quantitative estimate of drug-likeness (QED) is 0.695. The zero-order chi connectivity index (χ0) is 13.8. The van der Waals surface area contributed by atoms with Crippen molar-refractivity contribution in [1.29, 1.82) is 0 Å². The van der Waals surface area contributed by atoms with E-state index in [9.17, 15) is 0 Å². The normalized spacial score (nSPS) is 19.7. The molecule has 0 amide bonds. The Morgan fingerprint density at radius 1 is 1.37 bits per heavy atom.